The summed E-state index contributed by atoms with van der Waals surface area (Å²) in [5.74, 6) is -0.899. The Balaban J connectivity index is 0.000000283. The van der Waals surface area contributed by atoms with Gasteiger partial charge in [-0.2, -0.15) is 66.7 Å². The van der Waals surface area contributed by atoms with Crippen LogP contribution in [0.3, 0.4) is 0 Å². The van der Waals surface area contributed by atoms with Crippen molar-refractivity contribution < 1.29 is 42.6 Å². The van der Waals surface area contributed by atoms with Crippen molar-refractivity contribution in [2.45, 2.75) is 0 Å². The molecular formula is C13H10O2Y-2. The van der Waals surface area contributed by atoms with E-state index >= 15 is 0 Å². The molecule has 0 heterocycles. The second-order valence-corrected chi connectivity index (χ2v) is 2.67. The first-order chi connectivity index (χ1) is 7.30. The van der Waals surface area contributed by atoms with Crippen molar-refractivity contribution in [1.29, 1.82) is 0 Å². The normalized spacial score (nSPS) is 8.00. The van der Waals surface area contributed by atoms with Crippen molar-refractivity contribution >= 4 is 5.97 Å². The Bertz CT molecular complexity index is 360. The molecule has 0 saturated carbocycles. The monoisotopic (exact) mass is 287 g/mol. The molecule has 0 aliphatic heterocycles. The predicted octanol–water partition coefficient (Wildman–Crippen LogP) is 2.67. The average molecular weight is 287 g/mol. The van der Waals surface area contributed by atoms with Crippen molar-refractivity contribution in [3.05, 3.63) is 72.3 Å². The van der Waals surface area contributed by atoms with E-state index in [1.54, 1.807) is 12.1 Å². The van der Waals surface area contributed by atoms with Gasteiger partial charge in [0.05, 0.1) is 0 Å². The molecule has 0 aliphatic rings. The Morgan fingerprint density at radius 2 is 1.44 bits per heavy atom. The summed E-state index contributed by atoms with van der Waals surface area (Å²) >= 11 is 0. The van der Waals surface area contributed by atoms with Gasteiger partial charge in [-0.15, -0.1) is 0 Å². The summed E-state index contributed by atoms with van der Waals surface area (Å²) in [7, 11) is 0. The third kappa shape index (κ3) is 6.49. The van der Waals surface area contributed by atoms with Crippen LogP contribution in [0.4, 0.5) is 0 Å². The molecule has 2 aromatic rings. The van der Waals surface area contributed by atoms with Crippen molar-refractivity contribution in [1.82, 2.24) is 0 Å². The molecule has 0 bridgehead atoms. The number of hydrogen-bond acceptors (Lipinski definition) is 1. The Kier molecular flexibility index (Phi) is 8.68. The molecule has 0 unspecified atom stereocenters. The predicted molar refractivity (Wildman–Crippen MR) is 57.5 cm³/mol. The molecule has 0 saturated heterocycles. The Morgan fingerprint density at radius 1 is 0.938 bits per heavy atom. The molecule has 0 amide bonds. The molecule has 79 valence electrons. The number of hydrogen-bond donors (Lipinski definition) is 1. The zero-order chi connectivity index (χ0) is 10.9. The maximum absolute atomic E-state index is 10.2. The molecule has 2 rings (SSSR count). The van der Waals surface area contributed by atoms with Crippen LogP contribution in [0.25, 0.3) is 0 Å². The van der Waals surface area contributed by atoms with Crippen LogP contribution in [0, 0.1) is 12.1 Å². The molecule has 0 aliphatic carbocycles. The third-order valence-corrected chi connectivity index (χ3v) is 1.57. The Labute approximate surface area is 120 Å². The second kappa shape index (κ2) is 9.26. The minimum Gasteiger partial charge on any atom is -0.479 e. The molecule has 0 fully saturated rings. The fraction of sp³-hybridized carbons (Fsp3) is 0. The SMILES string of the molecule is O=C(O)c1cc[c-]cc1.[Y].[c-]1ccccc1. The molecule has 0 spiro atoms. The largest absolute Gasteiger partial charge is 0.479 e. The van der Waals surface area contributed by atoms with Gasteiger partial charge < -0.3 is 5.11 Å². The van der Waals surface area contributed by atoms with E-state index in [2.05, 4.69) is 12.1 Å². The summed E-state index contributed by atoms with van der Waals surface area (Å²) in [6.07, 6.45) is 0. The zero-order valence-electron chi connectivity index (χ0n) is 8.63. The van der Waals surface area contributed by atoms with E-state index in [1.165, 1.54) is 12.1 Å². The quantitative estimate of drug-likeness (QED) is 0.819. The topological polar surface area (TPSA) is 37.3 Å². The van der Waals surface area contributed by atoms with Gasteiger partial charge in [0.25, 0.3) is 0 Å². The summed E-state index contributed by atoms with van der Waals surface area (Å²) in [6, 6.07) is 21.4. The van der Waals surface area contributed by atoms with Gasteiger partial charge in [-0.3, -0.25) is 0 Å². The summed E-state index contributed by atoms with van der Waals surface area (Å²) in [6.45, 7) is 0. The molecule has 2 aromatic carbocycles. The summed E-state index contributed by atoms with van der Waals surface area (Å²) in [4.78, 5) is 10.2. The van der Waals surface area contributed by atoms with E-state index in [0.29, 0.717) is 5.56 Å². The third-order valence-electron chi connectivity index (χ3n) is 1.57. The van der Waals surface area contributed by atoms with Gasteiger partial charge in [-0.25, -0.2) is 4.79 Å². The van der Waals surface area contributed by atoms with Crippen LogP contribution in [0.1, 0.15) is 10.4 Å². The van der Waals surface area contributed by atoms with Crippen molar-refractivity contribution in [3.63, 3.8) is 0 Å². The van der Waals surface area contributed by atoms with Crippen LogP contribution in [0.5, 0.6) is 0 Å². The van der Waals surface area contributed by atoms with E-state index < -0.39 is 5.97 Å². The number of carboxylic acid groups (broad SMARTS) is 1. The number of carboxylic acids is 1. The number of aromatic carboxylic acids is 1. The van der Waals surface area contributed by atoms with Gasteiger partial charge in [0.2, 0.25) is 0 Å². The van der Waals surface area contributed by atoms with E-state index in [9.17, 15) is 4.79 Å². The van der Waals surface area contributed by atoms with Crippen LogP contribution in [0.2, 0.25) is 0 Å². The van der Waals surface area contributed by atoms with E-state index in [-0.39, 0.29) is 32.7 Å². The van der Waals surface area contributed by atoms with Crippen molar-refractivity contribution in [2.75, 3.05) is 0 Å². The van der Waals surface area contributed by atoms with Crippen LogP contribution < -0.4 is 0 Å². The van der Waals surface area contributed by atoms with Gasteiger partial charge in [0.1, 0.15) is 0 Å². The minimum atomic E-state index is -0.899. The van der Waals surface area contributed by atoms with Crippen molar-refractivity contribution in [2.24, 2.45) is 0 Å². The van der Waals surface area contributed by atoms with Gasteiger partial charge in [0.15, 0.2) is 0 Å². The number of carbonyl (C=O) groups is 1. The fourth-order valence-electron chi connectivity index (χ4n) is 0.871. The van der Waals surface area contributed by atoms with Crippen LogP contribution in [-0.2, 0) is 32.7 Å². The van der Waals surface area contributed by atoms with Crippen LogP contribution in [0.15, 0.2) is 54.6 Å². The molecule has 1 N–H and O–H groups in total. The van der Waals surface area contributed by atoms with Crippen LogP contribution in [-0.4, -0.2) is 11.1 Å². The number of benzene rings is 2. The average Bonchev–Trinajstić information content (AvgIpc) is 2.33. The first-order valence-electron chi connectivity index (χ1n) is 4.41. The van der Waals surface area contributed by atoms with Crippen molar-refractivity contribution in [3.8, 4) is 0 Å². The van der Waals surface area contributed by atoms with Crippen LogP contribution >= 0.6 is 0 Å². The summed E-state index contributed by atoms with van der Waals surface area (Å²) in [5.41, 5.74) is 0.300. The first kappa shape index (κ1) is 15.0. The Hall–Kier alpha value is -0.986. The zero-order valence-corrected chi connectivity index (χ0v) is 11.5. The standard InChI is InChI=1S/C7H5O2.C6H5.Y/c8-7(9)6-4-2-1-3-5-6;1-2-4-6-5-3-1;/h2-5H,(H,8,9);1-5H;/q2*-1;. The summed E-state index contributed by atoms with van der Waals surface area (Å²) < 4.78 is 0. The fourth-order valence-corrected chi connectivity index (χ4v) is 0.871. The van der Waals surface area contributed by atoms with E-state index in [4.69, 9.17) is 5.11 Å². The Morgan fingerprint density at radius 3 is 1.69 bits per heavy atom. The molecule has 1 radical (unpaired) electrons. The molecule has 3 heteroatoms. The van der Waals surface area contributed by atoms with E-state index in [0.717, 1.165) is 0 Å². The molecule has 0 aromatic heterocycles. The van der Waals surface area contributed by atoms with Gasteiger partial charge >= 0.3 is 5.97 Å². The van der Waals surface area contributed by atoms with Gasteiger partial charge in [-0.05, 0) is 5.56 Å². The second-order valence-electron chi connectivity index (χ2n) is 2.67. The molecular weight excluding hydrogens is 277 g/mol. The first-order valence-corrected chi connectivity index (χ1v) is 4.41. The maximum Gasteiger partial charge on any atom is 0.311 e. The maximum atomic E-state index is 10.2. The molecule has 2 nitrogen and oxygen atoms in total. The minimum absolute atomic E-state index is 0. The summed E-state index contributed by atoms with van der Waals surface area (Å²) in [5, 5.41) is 8.37. The van der Waals surface area contributed by atoms with Gasteiger partial charge in [0, 0.05) is 32.7 Å². The van der Waals surface area contributed by atoms with E-state index in [1.807, 2.05) is 30.3 Å². The van der Waals surface area contributed by atoms with Gasteiger partial charge in [-0.1, -0.05) is 0 Å². The molecule has 0 atom stereocenters. The smallest absolute Gasteiger partial charge is 0.311 e. The molecule has 16 heavy (non-hydrogen) atoms. The number of rotatable bonds is 1.